The van der Waals surface area contributed by atoms with Gasteiger partial charge in [-0.3, -0.25) is 4.79 Å². The summed E-state index contributed by atoms with van der Waals surface area (Å²) in [6.45, 7) is 2.10. The van der Waals surface area contributed by atoms with Crippen molar-refractivity contribution in [2.24, 2.45) is 0 Å². The Balaban J connectivity index is 2.13. The van der Waals surface area contributed by atoms with Crippen LogP contribution < -0.4 is 0 Å². The summed E-state index contributed by atoms with van der Waals surface area (Å²) >= 11 is 1.32. The van der Waals surface area contributed by atoms with Gasteiger partial charge in [-0.05, 0) is 30.0 Å². The normalized spacial score (nSPS) is 10.1. The van der Waals surface area contributed by atoms with Gasteiger partial charge in [0, 0.05) is 18.1 Å². The summed E-state index contributed by atoms with van der Waals surface area (Å²) < 4.78 is 10.8. The van der Waals surface area contributed by atoms with Crippen molar-refractivity contribution in [3.05, 3.63) is 45.9 Å². The molecule has 0 bridgehead atoms. The van der Waals surface area contributed by atoms with Crippen LogP contribution in [0.3, 0.4) is 0 Å². The molecule has 2 aromatic rings. The summed E-state index contributed by atoms with van der Waals surface area (Å²) in [7, 11) is 0. The zero-order valence-electron chi connectivity index (χ0n) is 11.3. The number of hydrogen-bond acceptors (Lipinski definition) is 6. The Morgan fingerprint density at radius 3 is 2.90 bits per heavy atom. The summed E-state index contributed by atoms with van der Waals surface area (Å²) in [5, 5.41) is 3.37. The second-order valence-corrected chi connectivity index (χ2v) is 4.81. The van der Waals surface area contributed by atoms with Crippen molar-refractivity contribution in [2.45, 2.75) is 13.5 Å². The molecular weight excluding hydrogens is 294 g/mol. The number of nitrogens with zero attached hydrogens (tertiary/aromatic N) is 1. The highest BCUT2D eigenvalue weighted by molar-refractivity contribution is 7.08. The monoisotopic (exact) mass is 307 g/mol. The second-order valence-electron chi connectivity index (χ2n) is 4.06. The maximum Gasteiger partial charge on any atom is 0.516 e. The van der Waals surface area contributed by atoms with Gasteiger partial charge < -0.3 is 14.0 Å². The van der Waals surface area contributed by atoms with Crippen LogP contribution in [0.1, 0.15) is 33.3 Å². The molecule has 2 aromatic heterocycles. The number of esters is 1. The first-order valence-corrected chi connectivity index (χ1v) is 7.14. The first kappa shape index (κ1) is 15.0. The maximum atomic E-state index is 11.9. The van der Waals surface area contributed by atoms with Crippen LogP contribution in [0, 0.1) is 0 Å². The molecule has 0 radical (unpaired) electrons. The third-order valence-corrected chi connectivity index (χ3v) is 3.52. The molecule has 0 saturated heterocycles. The van der Waals surface area contributed by atoms with E-state index in [0.717, 1.165) is 6.29 Å². The van der Waals surface area contributed by atoms with E-state index >= 15 is 0 Å². The van der Waals surface area contributed by atoms with Gasteiger partial charge in [0.15, 0.2) is 6.29 Å². The third-order valence-electron chi connectivity index (χ3n) is 2.73. The molecule has 0 atom stereocenters. The smallest absolute Gasteiger partial charge is 0.434 e. The lowest BCUT2D eigenvalue weighted by Crippen LogP contribution is -2.15. The van der Waals surface area contributed by atoms with E-state index < -0.39 is 12.1 Å². The zero-order valence-corrected chi connectivity index (χ0v) is 12.1. The molecular formula is C14H13NO5S. The lowest BCUT2D eigenvalue weighted by atomic mass is 10.2. The molecule has 7 heteroatoms. The second kappa shape index (κ2) is 6.85. The number of aldehydes is 1. The van der Waals surface area contributed by atoms with E-state index in [0.29, 0.717) is 23.4 Å². The Labute approximate surface area is 124 Å². The van der Waals surface area contributed by atoms with Crippen molar-refractivity contribution in [3.8, 4) is 0 Å². The van der Waals surface area contributed by atoms with Crippen molar-refractivity contribution in [1.82, 2.24) is 4.57 Å². The Morgan fingerprint density at radius 2 is 2.19 bits per heavy atom. The molecule has 0 aromatic carbocycles. The molecule has 0 aliphatic carbocycles. The van der Waals surface area contributed by atoms with Gasteiger partial charge in [-0.15, -0.1) is 0 Å². The van der Waals surface area contributed by atoms with E-state index in [2.05, 4.69) is 9.47 Å². The summed E-state index contributed by atoms with van der Waals surface area (Å²) in [6, 6.07) is 3.42. The SMILES string of the molecule is CCOC(=O)OC(=O)c1cscc1Cn1cccc1C=O. The highest BCUT2D eigenvalue weighted by atomic mass is 32.1. The molecule has 0 N–H and O–H groups in total. The van der Waals surface area contributed by atoms with Gasteiger partial charge in [-0.1, -0.05) is 0 Å². The highest BCUT2D eigenvalue weighted by Gasteiger charge is 2.18. The van der Waals surface area contributed by atoms with Gasteiger partial charge in [0.1, 0.15) is 0 Å². The fourth-order valence-corrected chi connectivity index (χ4v) is 2.58. The van der Waals surface area contributed by atoms with Gasteiger partial charge in [0.2, 0.25) is 0 Å². The molecule has 0 spiro atoms. The minimum absolute atomic E-state index is 0.134. The number of carbonyl (C=O) groups excluding carboxylic acids is 3. The standard InChI is InChI=1S/C14H13NO5S/c1-2-19-14(18)20-13(17)12-9-21-8-10(12)6-15-5-3-4-11(15)7-16/h3-5,7-9H,2,6H2,1H3. The van der Waals surface area contributed by atoms with Crippen LogP contribution in [0.15, 0.2) is 29.1 Å². The van der Waals surface area contributed by atoms with Crippen LogP contribution >= 0.6 is 11.3 Å². The van der Waals surface area contributed by atoms with E-state index in [-0.39, 0.29) is 6.61 Å². The number of aromatic nitrogens is 1. The zero-order chi connectivity index (χ0) is 15.2. The van der Waals surface area contributed by atoms with Crippen molar-refractivity contribution in [1.29, 1.82) is 0 Å². The molecule has 0 saturated carbocycles. The molecule has 6 nitrogen and oxygen atoms in total. The lowest BCUT2D eigenvalue weighted by molar-refractivity contribution is 0.0401. The van der Waals surface area contributed by atoms with Crippen molar-refractivity contribution < 1.29 is 23.9 Å². The van der Waals surface area contributed by atoms with Gasteiger partial charge in [-0.2, -0.15) is 11.3 Å². The van der Waals surface area contributed by atoms with Crippen molar-refractivity contribution in [2.75, 3.05) is 6.61 Å². The third kappa shape index (κ3) is 3.57. The highest BCUT2D eigenvalue weighted by Crippen LogP contribution is 2.18. The summed E-state index contributed by atoms with van der Waals surface area (Å²) in [4.78, 5) is 33.9. The summed E-state index contributed by atoms with van der Waals surface area (Å²) in [5.74, 6) is -0.760. The average molecular weight is 307 g/mol. The molecule has 0 fully saturated rings. The molecule has 21 heavy (non-hydrogen) atoms. The lowest BCUT2D eigenvalue weighted by Gasteiger charge is -2.07. The number of hydrogen-bond donors (Lipinski definition) is 0. The van der Waals surface area contributed by atoms with E-state index in [4.69, 9.17) is 0 Å². The van der Waals surface area contributed by atoms with E-state index in [1.165, 1.54) is 11.3 Å². The topological polar surface area (TPSA) is 74.6 Å². The van der Waals surface area contributed by atoms with E-state index in [1.807, 2.05) is 0 Å². The van der Waals surface area contributed by atoms with Gasteiger partial charge in [-0.25, -0.2) is 9.59 Å². The minimum atomic E-state index is -1.02. The van der Waals surface area contributed by atoms with Crippen molar-refractivity contribution >= 4 is 29.7 Å². The quantitative estimate of drug-likeness (QED) is 0.482. The van der Waals surface area contributed by atoms with E-state index in [9.17, 15) is 14.4 Å². The molecule has 0 unspecified atom stereocenters. The predicted octanol–water partition coefficient (Wildman–Crippen LogP) is 2.72. The molecule has 110 valence electrons. The molecule has 2 heterocycles. The molecule has 0 aliphatic heterocycles. The van der Waals surface area contributed by atoms with Crippen LogP contribution in [0.5, 0.6) is 0 Å². The molecule has 0 amide bonds. The van der Waals surface area contributed by atoms with Crippen LogP contribution in [0.2, 0.25) is 0 Å². The Kier molecular flexibility index (Phi) is 4.89. The van der Waals surface area contributed by atoms with Crippen LogP contribution in [-0.4, -0.2) is 29.6 Å². The number of carbonyl (C=O) groups is 3. The first-order chi connectivity index (χ1) is 10.2. The van der Waals surface area contributed by atoms with Gasteiger partial charge >= 0.3 is 12.1 Å². The van der Waals surface area contributed by atoms with Gasteiger partial charge in [0.05, 0.1) is 17.9 Å². The number of ether oxygens (including phenoxy) is 2. The van der Waals surface area contributed by atoms with Crippen molar-refractivity contribution in [3.63, 3.8) is 0 Å². The van der Waals surface area contributed by atoms with Gasteiger partial charge in [0.25, 0.3) is 0 Å². The Morgan fingerprint density at radius 1 is 1.38 bits per heavy atom. The first-order valence-electron chi connectivity index (χ1n) is 6.20. The summed E-state index contributed by atoms with van der Waals surface area (Å²) in [6.07, 6.45) is 1.46. The van der Waals surface area contributed by atoms with Crippen LogP contribution in [0.25, 0.3) is 0 Å². The van der Waals surface area contributed by atoms with Crippen LogP contribution in [-0.2, 0) is 16.0 Å². The number of thiophene rings is 1. The maximum absolute atomic E-state index is 11.9. The van der Waals surface area contributed by atoms with E-state index in [1.54, 1.807) is 40.6 Å². The predicted molar refractivity (Wildman–Crippen MR) is 75.7 cm³/mol. The fraction of sp³-hybridized carbons (Fsp3) is 0.214. The minimum Gasteiger partial charge on any atom is -0.434 e. The average Bonchev–Trinajstić information content (AvgIpc) is 3.08. The fourth-order valence-electron chi connectivity index (χ4n) is 1.76. The largest absolute Gasteiger partial charge is 0.516 e. The molecule has 2 rings (SSSR count). The Hall–Kier alpha value is -2.41. The number of rotatable bonds is 5. The Bertz CT molecular complexity index is 658. The summed E-state index contributed by atoms with van der Waals surface area (Å²) in [5.41, 5.74) is 1.47. The van der Waals surface area contributed by atoms with Crippen LogP contribution in [0.4, 0.5) is 4.79 Å². The molecule has 0 aliphatic rings.